The van der Waals surface area contributed by atoms with E-state index in [0.717, 1.165) is 38.1 Å². The highest BCUT2D eigenvalue weighted by molar-refractivity contribution is 7.89. The van der Waals surface area contributed by atoms with Gasteiger partial charge in [0.05, 0.1) is 10.8 Å². The number of hydrogen-bond donors (Lipinski definition) is 1. The Balaban J connectivity index is 1.34. The number of amides is 1. The number of piperidine rings is 1. The molecule has 6 nitrogen and oxygen atoms in total. The van der Waals surface area contributed by atoms with Gasteiger partial charge < -0.3 is 5.32 Å². The Kier molecular flexibility index (Phi) is 7.46. The molecular formula is C25H32FN3O3S. The van der Waals surface area contributed by atoms with E-state index in [1.54, 1.807) is 0 Å². The molecule has 0 aromatic heterocycles. The zero-order valence-corrected chi connectivity index (χ0v) is 19.9. The van der Waals surface area contributed by atoms with Crippen molar-refractivity contribution in [1.29, 1.82) is 0 Å². The highest BCUT2D eigenvalue weighted by atomic mass is 32.2. The van der Waals surface area contributed by atoms with Gasteiger partial charge in [-0.3, -0.25) is 9.69 Å². The third kappa shape index (κ3) is 5.45. The molecule has 2 aliphatic rings. The second-order valence-electron chi connectivity index (χ2n) is 8.95. The smallest absolute Gasteiger partial charge is 0.243 e. The van der Waals surface area contributed by atoms with Crippen LogP contribution in [0.5, 0.6) is 0 Å². The molecule has 4 rings (SSSR count). The summed E-state index contributed by atoms with van der Waals surface area (Å²) in [6.45, 7) is 5.07. The summed E-state index contributed by atoms with van der Waals surface area (Å²) < 4.78 is 40.5. The van der Waals surface area contributed by atoms with Gasteiger partial charge in [-0.1, -0.05) is 31.2 Å². The van der Waals surface area contributed by atoms with Crippen molar-refractivity contribution in [2.24, 2.45) is 5.92 Å². The molecule has 8 heteroatoms. The molecule has 1 saturated heterocycles. The summed E-state index contributed by atoms with van der Waals surface area (Å²) in [5.41, 5.74) is 2.75. The molecule has 1 N–H and O–H groups in total. The lowest BCUT2D eigenvalue weighted by Crippen LogP contribution is -2.49. The second kappa shape index (κ2) is 10.3. The number of fused-ring (bicyclic) bond motifs is 1. The van der Waals surface area contributed by atoms with E-state index in [9.17, 15) is 17.6 Å². The number of carbonyl (C=O) groups excluding carboxylic acids is 1. The first-order valence-corrected chi connectivity index (χ1v) is 13.2. The molecule has 178 valence electrons. The van der Waals surface area contributed by atoms with E-state index < -0.39 is 15.8 Å². The molecule has 2 heterocycles. The molecule has 33 heavy (non-hydrogen) atoms. The molecule has 2 unspecified atom stereocenters. The first-order chi connectivity index (χ1) is 15.9. The summed E-state index contributed by atoms with van der Waals surface area (Å²) in [4.78, 5) is 15.4. The van der Waals surface area contributed by atoms with Crippen molar-refractivity contribution < 1.29 is 17.6 Å². The fraction of sp³-hybridized carbons (Fsp3) is 0.480. The molecular weight excluding hydrogens is 441 g/mol. The SMILES string of the molecule is CCC(CNC(=O)C1CCCN(S(=O)(=O)c2ccc(F)cc2)C1)N1CCc2ccccc2C1. The number of halogens is 1. The molecule has 0 aliphatic carbocycles. The number of carbonyl (C=O) groups is 1. The van der Waals surface area contributed by atoms with Crippen LogP contribution < -0.4 is 5.32 Å². The average molecular weight is 474 g/mol. The van der Waals surface area contributed by atoms with Gasteiger partial charge in [-0.05, 0) is 61.1 Å². The molecule has 1 amide bonds. The van der Waals surface area contributed by atoms with Crippen molar-refractivity contribution in [3.8, 4) is 0 Å². The van der Waals surface area contributed by atoms with Crippen LogP contribution in [0, 0.1) is 11.7 Å². The minimum Gasteiger partial charge on any atom is -0.354 e. The van der Waals surface area contributed by atoms with Crippen molar-refractivity contribution in [3.63, 3.8) is 0 Å². The van der Waals surface area contributed by atoms with Crippen molar-refractivity contribution in [2.75, 3.05) is 26.2 Å². The predicted molar refractivity (Wildman–Crippen MR) is 126 cm³/mol. The number of benzene rings is 2. The molecule has 2 aromatic carbocycles. The van der Waals surface area contributed by atoms with Crippen LogP contribution in [0.1, 0.15) is 37.3 Å². The Morgan fingerprint density at radius 2 is 1.85 bits per heavy atom. The van der Waals surface area contributed by atoms with E-state index in [1.807, 2.05) is 0 Å². The predicted octanol–water partition coefficient (Wildman–Crippen LogP) is 3.18. The van der Waals surface area contributed by atoms with Gasteiger partial charge in [0.15, 0.2) is 0 Å². The Morgan fingerprint density at radius 3 is 2.58 bits per heavy atom. The maximum absolute atomic E-state index is 13.2. The van der Waals surface area contributed by atoms with Crippen molar-refractivity contribution >= 4 is 15.9 Å². The van der Waals surface area contributed by atoms with Crippen LogP contribution in [-0.2, 0) is 27.8 Å². The number of nitrogens with zero attached hydrogens (tertiary/aromatic N) is 2. The summed E-state index contributed by atoms with van der Waals surface area (Å²) in [6.07, 6.45) is 3.23. The van der Waals surface area contributed by atoms with E-state index in [1.165, 1.54) is 27.6 Å². The molecule has 2 aliphatic heterocycles. The molecule has 0 radical (unpaired) electrons. The second-order valence-corrected chi connectivity index (χ2v) is 10.9. The number of sulfonamides is 1. The van der Waals surface area contributed by atoms with Gasteiger partial charge in [0.25, 0.3) is 0 Å². The van der Waals surface area contributed by atoms with Gasteiger partial charge in [0.1, 0.15) is 5.82 Å². The van der Waals surface area contributed by atoms with E-state index in [4.69, 9.17) is 0 Å². The van der Waals surface area contributed by atoms with Crippen molar-refractivity contribution in [1.82, 2.24) is 14.5 Å². The van der Waals surface area contributed by atoms with Gasteiger partial charge in [0.2, 0.25) is 15.9 Å². The Hall–Kier alpha value is -2.29. The highest BCUT2D eigenvalue weighted by Crippen LogP contribution is 2.25. The van der Waals surface area contributed by atoms with Crippen LogP contribution >= 0.6 is 0 Å². The monoisotopic (exact) mass is 473 g/mol. The first kappa shape index (κ1) is 23.9. The van der Waals surface area contributed by atoms with E-state index in [0.29, 0.717) is 25.9 Å². The summed E-state index contributed by atoms with van der Waals surface area (Å²) in [5.74, 6) is -0.953. The topological polar surface area (TPSA) is 69.7 Å². The van der Waals surface area contributed by atoms with Crippen LogP contribution in [0.15, 0.2) is 53.4 Å². The fourth-order valence-electron chi connectivity index (χ4n) is 4.85. The molecule has 2 atom stereocenters. The lowest BCUT2D eigenvalue weighted by atomic mass is 9.97. The van der Waals surface area contributed by atoms with Gasteiger partial charge in [0, 0.05) is 38.8 Å². The minimum absolute atomic E-state index is 0.0568. The van der Waals surface area contributed by atoms with Crippen LogP contribution in [-0.4, -0.2) is 55.8 Å². The van der Waals surface area contributed by atoms with Crippen molar-refractivity contribution in [2.45, 2.75) is 50.1 Å². The number of hydrogen-bond acceptors (Lipinski definition) is 4. The number of nitrogens with one attached hydrogen (secondary N) is 1. The first-order valence-electron chi connectivity index (χ1n) is 11.7. The lowest BCUT2D eigenvalue weighted by molar-refractivity contribution is -0.126. The van der Waals surface area contributed by atoms with Crippen molar-refractivity contribution in [3.05, 3.63) is 65.5 Å². The zero-order chi connectivity index (χ0) is 23.4. The van der Waals surface area contributed by atoms with Gasteiger partial charge in [-0.15, -0.1) is 0 Å². The molecule has 2 aromatic rings. The zero-order valence-electron chi connectivity index (χ0n) is 19.0. The number of rotatable bonds is 7. The summed E-state index contributed by atoms with van der Waals surface area (Å²) in [6, 6.07) is 13.6. The van der Waals surface area contributed by atoms with Crippen LogP contribution in [0.25, 0.3) is 0 Å². The summed E-state index contributed by atoms with van der Waals surface area (Å²) >= 11 is 0. The maximum atomic E-state index is 13.2. The van der Waals surface area contributed by atoms with Gasteiger partial charge in [-0.25, -0.2) is 12.8 Å². The Morgan fingerprint density at radius 1 is 1.12 bits per heavy atom. The molecule has 1 fully saturated rings. The highest BCUT2D eigenvalue weighted by Gasteiger charge is 2.33. The largest absolute Gasteiger partial charge is 0.354 e. The summed E-state index contributed by atoms with van der Waals surface area (Å²) in [5, 5.41) is 3.09. The fourth-order valence-corrected chi connectivity index (χ4v) is 6.38. The lowest BCUT2D eigenvalue weighted by Gasteiger charge is -2.36. The normalized spacial score (nSPS) is 20.7. The Labute approximate surface area is 195 Å². The van der Waals surface area contributed by atoms with E-state index in [2.05, 4.69) is 41.4 Å². The van der Waals surface area contributed by atoms with Gasteiger partial charge >= 0.3 is 0 Å². The average Bonchev–Trinajstić information content (AvgIpc) is 2.84. The quantitative estimate of drug-likeness (QED) is 0.671. The van der Waals surface area contributed by atoms with Crippen LogP contribution in [0.4, 0.5) is 4.39 Å². The summed E-state index contributed by atoms with van der Waals surface area (Å²) in [7, 11) is -3.75. The van der Waals surface area contributed by atoms with Crippen LogP contribution in [0.3, 0.4) is 0 Å². The standard InChI is InChI=1S/C25H32FN3O3S/c1-2-23(28-15-13-19-6-3-4-7-20(19)17-28)16-27-25(30)21-8-5-14-29(18-21)33(31,32)24-11-9-22(26)10-12-24/h3-4,6-7,9-12,21,23H,2,5,8,13-18H2,1H3,(H,27,30). The van der Waals surface area contributed by atoms with Crippen LogP contribution in [0.2, 0.25) is 0 Å². The maximum Gasteiger partial charge on any atom is 0.243 e. The van der Waals surface area contributed by atoms with Gasteiger partial charge in [-0.2, -0.15) is 4.31 Å². The third-order valence-electron chi connectivity index (χ3n) is 6.87. The molecule has 0 bridgehead atoms. The third-order valence-corrected chi connectivity index (χ3v) is 8.75. The molecule has 0 saturated carbocycles. The van der Waals surface area contributed by atoms with E-state index in [-0.39, 0.29) is 29.3 Å². The van der Waals surface area contributed by atoms with E-state index >= 15 is 0 Å². The Bertz CT molecular complexity index is 1070. The molecule has 0 spiro atoms. The minimum atomic E-state index is -3.75.